The fourth-order valence-corrected chi connectivity index (χ4v) is 3.34. The number of hydrogen-bond donors (Lipinski definition) is 0. The van der Waals surface area contributed by atoms with Crippen LogP contribution >= 0.6 is 11.3 Å². The first-order valence-electron chi connectivity index (χ1n) is 8.22. The minimum Gasteiger partial charge on any atom is -0.368 e. The third-order valence-electron chi connectivity index (χ3n) is 4.40. The van der Waals surface area contributed by atoms with E-state index in [0.29, 0.717) is 5.92 Å². The maximum atomic E-state index is 12.5. The van der Waals surface area contributed by atoms with Gasteiger partial charge in [-0.1, -0.05) is 0 Å². The standard InChI is InChI=1S/C16H25N3O2S/c1-13(21-10-14-3-4-14)16(20)19-6-2-5-18(7-8-19)9-15-11-22-12-17-15/h11-14H,2-10H2,1H3/t13-/m0/s1. The number of amides is 1. The van der Waals surface area contributed by atoms with Crippen LogP contribution in [0.3, 0.4) is 0 Å². The number of carbonyl (C=O) groups excluding carboxylic acids is 1. The van der Waals surface area contributed by atoms with E-state index in [1.54, 1.807) is 11.3 Å². The van der Waals surface area contributed by atoms with Gasteiger partial charge in [-0.05, 0) is 32.1 Å². The molecule has 3 rings (SSSR count). The summed E-state index contributed by atoms with van der Waals surface area (Å²) in [6.45, 7) is 7.10. The molecule has 1 saturated carbocycles. The van der Waals surface area contributed by atoms with Crippen LogP contribution in [0, 0.1) is 5.92 Å². The Morgan fingerprint density at radius 2 is 2.27 bits per heavy atom. The Morgan fingerprint density at radius 1 is 1.41 bits per heavy atom. The Bertz CT molecular complexity index is 476. The van der Waals surface area contributed by atoms with Gasteiger partial charge in [0.05, 0.1) is 17.8 Å². The zero-order valence-corrected chi connectivity index (χ0v) is 14.1. The summed E-state index contributed by atoms with van der Waals surface area (Å²) in [4.78, 5) is 21.2. The third kappa shape index (κ3) is 4.51. The lowest BCUT2D eigenvalue weighted by atomic mass is 10.3. The highest BCUT2D eigenvalue weighted by Crippen LogP contribution is 2.29. The summed E-state index contributed by atoms with van der Waals surface area (Å²) < 4.78 is 5.72. The zero-order valence-electron chi connectivity index (χ0n) is 13.2. The molecule has 22 heavy (non-hydrogen) atoms. The van der Waals surface area contributed by atoms with Gasteiger partial charge >= 0.3 is 0 Å². The van der Waals surface area contributed by atoms with Gasteiger partial charge in [0.1, 0.15) is 6.10 Å². The molecule has 1 aromatic heterocycles. The zero-order chi connectivity index (χ0) is 15.4. The van der Waals surface area contributed by atoms with Crippen LogP contribution in [0.4, 0.5) is 0 Å². The second kappa shape index (κ2) is 7.53. The number of ether oxygens (including phenoxy) is 1. The van der Waals surface area contributed by atoms with Gasteiger partial charge in [-0.25, -0.2) is 4.98 Å². The molecule has 1 aromatic rings. The van der Waals surface area contributed by atoms with Gasteiger partial charge in [0.15, 0.2) is 0 Å². The molecular weight excluding hydrogens is 298 g/mol. The van der Waals surface area contributed by atoms with Crippen molar-refractivity contribution in [3.8, 4) is 0 Å². The highest BCUT2D eigenvalue weighted by Gasteiger charge is 2.27. The van der Waals surface area contributed by atoms with Crippen LogP contribution in [0.15, 0.2) is 10.9 Å². The maximum Gasteiger partial charge on any atom is 0.251 e. The molecule has 2 aliphatic rings. The van der Waals surface area contributed by atoms with Crippen LogP contribution in [-0.2, 0) is 16.1 Å². The van der Waals surface area contributed by atoms with Gasteiger partial charge in [-0.15, -0.1) is 11.3 Å². The van der Waals surface area contributed by atoms with Crippen LogP contribution in [0.5, 0.6) is 0 Å². The van der Waals surface area contributed by atoms with E-state index in [2.05, 4.69) is 15.3 Å². The second-order valence-electron chi connectivity index (χ2n) is 6.35. The van der Waals surface area contributed by atoms with E-state index in [9.17, 15) is 4.79 Å². The first kappa shape index (κ1) is 15.9. The smallest absolute Gasteiger partial charge is 0.251 e. The van der Waals surface area contributed by atoms with Crippen LogP contribution < -0.4 is 0 Å². The topological polar surface area (TPSA) is 45.7 Å². The molecule has 1 amide bonds. The van der Waals surface area contributed by atoms with Crippen molar-refractivity contribution in [2.75, 3.05) is 32.8 Å². The highest BCUT2D eigenvalue weighted by atomic mass is 32.1. The molecule has 0 aromatic carbocycles. The van der Waals surface area contributed by atoms with Gasteiger partial charge in [0.25, 0.3) is 5.91 Å². The van der Waals surface area contributed by atoms with E-state index >= 15 is 0 Å². The molecule has 0 bridgehead atoms. The SMILES string of the molecule is C[C@H](OCC1CC1)C(=O)N1CCCN(Cc2cscn2)CC1. The Morgan fingerprint density at radius 3 is 3.00 bits per heavy atom. The molecule has 2 fully saturated rings. The molecule has 0 N–H and O–H groups in total. The molecule has 1 aliphatic heterocycles. The molecule has 0 radical (unpaired) electrons. The van der Waals surface area contributed by atoms with Crippen molar-refractivity contribution in [3.05, 3.63) is 16.6 Å². The van der Waals surface area contributed by atoms with Crippen molar-refractivity contribution >= 4 is 17.2 Å². The number of rotatable bonds is 6. The maximum absolute atomic E-state index is 12.5. The van der Waals surface area contributed by atoms with Crippen molar-refractivity contribution in [2.45, 2.75) is 38.8 Å². The van der Waals surface area contributed by atoms with E-state index in [4.69, 9.17) is 4.74 Å². The molecule has 0 unspecified atom stereocenters. The van der Waals surface area contributed by atoms with E-state index in [1.165, 1.54) is 12.8 Å². The van der Waals surface area contributed by atoms with Gasteiger partial charge in [-0.3, -0.25) is 9.69 Å². The summed E-state index contributed by atoms with van der Waals surface area (Å²) in [7, 11) is 0. The molecule has 1 saturated heterocycles. The van der Waals surface area contributed by atoms with Crippen molar-refractivity contribution < 1.29 is 9.53 Å². The number of thiazole rings is 1. The van der Waals surface area contributed by atoms with Crippen molar-refractivity contribution in [1.29, 1.82) is 0 Å². The monoisotopic (exact) mass is 323 g/mol. The van der Waals surface area contributed by atoms with Crippen LogP contribution in [0.25, 0.3) is 0 Å². The Labute approximate surface area is 136 Å². The van der Waals surface area contributed by atoms with Crippen molar-refractivity contribution in [3.63, 3.8) is 0 Å². The van der Waals surface area contributed by atoms with E-state index < -0.39 is 0 Å². The molecule has 6 heteroatoms. The quantitative estimate of drug-likeness (QED) is 0.803. The number of aromatic nitrogens is 1. The van der Waals surface area contributed by atoms with Crippen LogP contribution in [-0.4, -0.2) is 59.6 Å². The molecule has 0 spiro atoms. The number of nitrogens with zero attached hydrogens (tertiary/aromatic N) is 3. The van der Waals surface area contributed by atoms with Gasteiger partial charge in [0, 0.05) is 38.1 Å². The predicted octanol–water partition coefficient (Wildman–Crippen LogP) is 1.99. The minimum atomic E-state index is -0.300. The summed E-state index contributed by atoms with van der Waals surface area (Å²) in [5, 5.41) is 2.10. The highest BCUT2D eigenvalue weighted by molar-refractivity contribution is 7.07. The normalized spacial score (nSPS) is 21.6. The molecule has 5 nitrogen and oxygen atoms in total. The fraction of sp³-hybridized carbons (Fsp3) is 0.750. The first-order chi connectivity index (χ1) is 10.7. The predicted molar refractivity (Wildman–Crippen MR) is 86.7 cm³/mol. The van der Waals surface area contributed by atoms with Crippen molar-refractivity contribution in [1.82, 2.24) is 14.8 Å². The molecule has 122 valence electrons. The average Bonchev–Trinajstić information content (AvgIpc) is 3.26. The lowest BCUT2D eigenvalue weighted by Gasteiger charge is -2.24. The van der Waals surface area contributed by atoms with Crippen LogP contribution in [0.1, 0.15) is 31.9 Å². The first-order valence-corrected chi connectivity index (χ1v) is 9.16. The second-order valence-corrected chi connectivity index (χ2v) is 7.07. The molecule has 1 atom stereocenters. The Hall–Kier alpha value is -0.980. The van der Waals surface area contributed by atoms with Gasteiger partial charge in [-0.2, -0.15) is 0 Å². The van der Waals surface area contributed by atoms with E-state index in [1.807, 2.05) is 17.3 Å². The fourth-order valence-electron chi connectivity index (χ4n) is 2.79. The Balaban J connectivity index is 1.45. The average molecular weight is 323 g/mol. The summed E-state index contributed by atoms with van der Waals surface area (Å²) in [5.74, 6) is 0.851. The number of carbonyl (C=O) groups is 1. The van der Waals surface area contributed by atoms with Crippen LogP contribution in [0.2, 0.25) is 0 Å². The van der Waals surface area contributed by atoms with Gasteiger partial charge < -0.3 is 9.64 Å². The van der Waals surface area contributed by atoms with E-state index in [0.717, 1.165) is 51.4 Å². The third-order valence-corrected chi connectivity index (χ3v) is 5.03. The lowest BCUT2D eigenvalue weighted by Crippen LogP contribution is -2.41. The minimum absolute atomic E-state index is 0.149. The molecular formula is C16H25N3O2S. The molecule has 2 heterocycles. The van der Waals surface area contributed by atoms with Crippen molar-refractivity contribution in [2.24, 2.45) is 5.92 Å². The van der Waals surface area contributed by atoms with E-state index in [-0.39, 0.29) is 12.0 Å². The summed E-state index contributed by atoms with van der Waals surface area (Å²) in [6.07, 6.45) is 3.24. The lowest BCUT2D eigenvalue weighted by molar-refractivity contribution is -0.142. The summed E-state index contributed by atoms with van der Waals surface area (Å²) in [5.41, 5.74) is 3.01. The summed E-state index contributed by atoms with van der Waals surface area (Å²) >= 11 is 1.64. The Kier molecular flexibility index (Phi) is 5.44. The number of hydrogen-bond acceptors (Lipinski definition) is 5. The van der Waals surface area contributed by atoms with Gasteiger partial charge in [0.2, 0.25) is 0 Å². The largest absolute Gasteiger partial charge is 0.368 e. The summed E-state index contributed by atoms with van der Waals surface area (Å²) in [6, 6.07) is 0. The molecule has 1 aliphatic carbocycles.